The van der Waals surface area contributed by atoms with Gasteiger partial charge in [0, 0.05) is 31.4 Å². The molecule has 1 fully saturated rings. The molecule has 2 heterocycles. The number of methoxy groups -OCH3 is 1. The summed E-state index contributed by atoms with van der Waals surface area (Å²) in [5, 5.41) is 9.30. The Morgan fingerprint density at radius 1 is 1.33 bits per heavy atom. The van der Waals surface area contributed by atoms with Gasteiger partial charge in [0.25, 0.3) is 5.91 Å². The van der Waals surface area contributed by atoms with Crippen molar-refractivity contribution in [3.8, 4) is 17.6 Å². The summed E-state index contributed by atoms with van der Waals surface area (Å²) < 4.78 is 49.2. The van der Waals surface area contributed by atoms with Crippen LogP contribution in [-0.4, -0.2) is 48.3 Å². The van der Waals surface area contributed by atoms with Crippen molar-refractivity contribution in [1.82, 2.24) is 9.88 Å². The van der Waals surface area contributed by atoms with Gasteiger partial charge in [0.2, 0.25) is 0 Å². The molecule has 1 unspecified atom stereocenters. The number of nitrogens with zero attached hydrogens (tertiary/aromatic N) is 3. The Hall–Kier alpha value is -3.28. The third kappa shape index (κ3) is 4.17. The minimum absolute atomic E-state index is 0.0350. The van der Waals surface area contributed by atoms with Crippen molar-refractivity contribution in [1.29, 1.82) is 5.26 Å². The van der Waals surface area contributed by atoms with Crippen LogP contribution in [0.5, 0.6) is 11.5 Å². The molecule has 9 heteroatoms. The monoisotopic (exact) mass is 419 g/mol. The highest BCUT2D eigenvalue weighted by Gasteiger charge is 2.40. The fourth-order valence-corrected chi connectivity index (χ4v) is 3.24. The van der Waals surface area contributed by atoms with Gasteiger partial charge in [-0.3, -0.25) is 9.78 Å². The fourth-order valence-electron chi connectivity index (χ4n) is 3.24. The number of likely N-dealkylation sites (tertiary alicyclic amines) is 1. The van der Waals surface area contributed by atoms with E-state index in [1.165, 1.54) is 24.1 Å². The minimum Gasteiger partial charge on any atom is -0.494 e. The third-order valence-electron chi connectivity index (χ3n) is 4.96. The fraction of sp³-hybridized carbons (Fsp3) is 0.381. The van der Waals surface area contributed by atoms with E-state index in [-0.39, 0.29) is 28.5 Å². The number of carbonyl (C=O) groups is 1. The molecule has 6 nitrogen and oxygen atoms in total. The first kappa shape index (κ1) is 21.4. The average molecular weight is 419 g/mol. The van der Waals surface area contributed by atoms with Gasteiger partial charge in [-0.2, -0.15) is 18.4 Å². The molecule has 0 saturated carbocycles. The van der Waals surface area contributed by atoms with E-state index in [0.717, 1.165) is 18.1 Å². The zero-order chi connectivity index (χ0) is 22.1. The zero-order valence-electron chi connectivity index (χ0n) is 16.7. The summed E-state index contributed by atoms with van der Waals surface area (Å²) in [4.78, 5) is 18.8. The van der Waals surface area contributed by atoms with Crippen molar-refractivity contribution in [2.45, 2.75) is 32.0 Å². The summed E-state index contributed by atoms with van der Waals surface area (Å²) >= 11 is 0. The van der Waals surface area contributed by atoms with Crippen LogP contribution in [0.1, 0.15) is 39.9 Å². The molecule has 1 aromatic heterocycles. The van der Waals surface area contributed by atoms with E-state index in [1.54, 1.807) is 12.4 Å². The van der Waals surface area contributed by atoms with E-state index < -0.39 is 18.2 Å². The second-order valence-corrected chi connectivity index (χ2v) is 7.14. The smallest absolute Gasteiger partial charge is 0.425 e. The number of ether oxygens (including phenoxy) is 2. The number of nitriles is 1. The van der Waals surface area contributed by atoms with Gasteiger partial charge >= 0.3 is 6.18 Å². The maximum atomic E-state index is 13.1. The Bertz CT molecular complexity index is 995. The normalized spacial score (nSPS) is 15.2. The predicted octanol–water partition coefficient (Wildman–Crippen LogP) is 3.84. The van der Waals surface area contributed by atoms with Gasteiger partial charge in [0.05, 0.1) is 12.7 Å². The molecule has 1 aliphatic rings. The van der Waals surface area contributed by atoms with Crippen molar-refractivity contribution in [3.05, 3.63) is 52.8 Å². The summed E-state index contributed by atoms with van der Waals surface area (Å²) in [7, 11) is 1.25. The van der Waals surface area contributed by atoms with Crippen LogP contribution in [0.3, 0.4) is 0 Å². The molecule has 1 aromatic carbocycles. The highest BCUT2D eigenvalue weighted by atomic mass is 19.4. The predicted molar refractivity (Wildman–Crippen MR) is 101 cm³/mol. The standard InChI is InChI=1S/C21H20F3N3O3/c1-12-6-15(9-26-8-12)16-10-27(11-16)20(28)18-17(30-13(2)21(22,23)24)5-4-14(7-25)19(18)29-3/h4-6,8-9,13,16H,10-11H2,1-3H3. The van der Waals surface area contributed by atoms with E-state index in [4.69, 9.17) is 9.47 Å². The molecule has 0 radical (unpaired) electrons. The van der Waals surface area contributed by atoms with Crippen LogP contribution >= 0.6 is 0 Å². The number of halogens is 3. The molecule has 0 spiro atoms. The van der Waals surface area contributed by atoms with Crippen LogP contribution < -0.4 is 9.47 Å². The molecule has 158 valence electrons. The van der Waals surface area contributed by atoms with Gasteiger partial charge < -0.3 is 14.4 Å². The molecule has 0 bridgehead atoms. The van der Waals surface area contributed by atoms with Crippen LogP contribution in [0.2, 0.25) is 0 Å². The van der Waals surface area contributed by atoms with Crippen molar-refractivity contribution in [3.63, 3.8) is 0 Å². The maximum absolute atomic E-state index is 13.1. The summed E-state index contributed by atoms with van der Waals surface area (Å²) in [5.41, 5.74) is 1.83. The van der Waals surface area contributed by atoms with Gasteiger partial charge in [0.15, 0.2) is 11.9 Å². The molecule has 30 heavy (non-hydrogen) atoms. The quantitative estimate of drug-likeness (QED) is 0.736. The number of hydrogen-bond acceptors (Lipinski definition) is 5. The molecule has 0 aliphatic carbocycles. The number of aromatic nitrogens is 1. The Kier molecular flexibility index (Phi) is 5.87. The number of alkyl halides is 3. The second-order valence-electron chi connectivity index (χ2n) is 7.14. The van der Waals surface area contributed by atoms with E-state index in [9.17, 15) is 23.2 Å². The zero-order valence-corrected chi connectivity index (χ0v) is 16.7. The van der Waals surface area contributed by atoms with Crippen LogP contribution in [0.4, 0.5) is 13.2 Å². The average Bonchev–Trinajstić information content (AvgIpc) is 2.65. The van der Waals surface area contributed by atoms with E-state index in [2.05, 4.69) is 4.98 Å². The number of amides is 1. The lowest BCUT2D eigenvalue weighted by Gasteiger charge is -2.40. The van der Waals surface area contributed by atoms with Crippen LogP contribution in [0.25, 0.3) is 0 Å². The highest BCUT2D eigenvalue weighted by molar-refractivity contribution is 6.01. The molecule has 2 aromatic rings. The number of benzene rings is 1. The molecule has 1 atom stereocenters. The van der Waals surface area contributed by atoms with Gasteiger partial charge in [-0.25, -0.2) is 0 Å². The molecule has 1 amide bonds. The Labute approximate surface area is 171 Å². The largest absolute Gasteiger partial charge is 0.494 e. The summed E-state index contributed by atoms with van der Waals surface area (Å²) in [6.07, 6.45) is -3.28. The number of carbonyl (C=O) groups excluding carboxylic acids is 1. The molecule has 3 rings (SSSR count). The molecule has 1 aliphatic heterocycles. The van der Waals surface area contributed by atoms with Gasteiger partial charge in [-0.05, 0) is 37.1 Å². The van der Waals surface area contributed by atoms with Crippen molar-refractivity contribution in [2.24, 2.45) is 0 Å². The number of rotatable bonds is 5. The van der Waals surface area contributed by atoms with Gasteiger partial charge in [-0.15, -0.1) is 0 Å². The molecule has 0 N–H and O–H groups in total. The molecular weight excluding hydrogens is 399 g/mol. The first-order valence-electron chi connectivity index (χ1n) is 9.21. The van der Waals surface area contributed by atoms with Crippen molar-refractivity contribution < 1.29 is 27.4 Å². The van der Waals surface area contributed by atoms with Gasteiger partial charge in [0.1, 0.15) is 17.4 Å². The lowest BCUT2D eigenvalue weighted by atomic mass is 9.91. The third-order valence-corrected chi connectivity index (χ3v) is 4.96. The SMILES string of the molecule is COc1c(C#N)ccc(OC(C)C(F)(F)F)c1C(=O)N1CC(c2cncc(C)c2)C1. The maximum Gasteiger partial charge on any atom is 0.425 e. The van der Waals surface area contributed by atoms with E-state index >= 15 is 0 Å². The first-order valence-corrected chi connectivity index (χ1v) is 9.21. The van der Waals surface area contributed by atoms with Crippen LogP contribution in [0.15, 0.2) is 30.6 Å². The van der Waals surface area contributed by atoms with Crippen molar-refractivity contribution in [2.75, 3.05) is 20.2 Å². The topological polar surface area (TPSA) is 75.5 Å². The Morgan fingerprint density at radius 2 is 2.03 bits per heavy atom. The second kappa shape index (κ2) is 8.22. The summed E-state index contributed by atoms with van der Waals surface area (Å²) in [5.74, 6) is -0.855. The Balaban J connectivity index is 1.89. The number of pyridine rings is 1. The Morgan fingerprint density at radius 3 is 2.60 bits per heavy atom. The lowest BCUT2D eigenvalue weighted by molar-refractivity contribution is -0.189. The first-order chi connectivity index (χ1) is 14.2. The molecular formula is C21H20F3N3O3. The minimum atomic E-state index is -4.61. The lowest BCUT2D eigenvalue weighted by Crippen LogP contribution is -2.48. The van der Waals surface area contributed by atoms with Crippen LogP contribution in [-0.2, 0) is 0 Å². The number of aryl methyl sites for hydroxylation is 1. The summed E-state index contributed by atoms with van der Waals surface area (Å²) in [6, 6.07) is 6.33. The molecule has 1 saturated heterocycles. The van der Waals surface area contributed by atoms with Gasteiger partial charge in [-0.1, -0.05) is 6.07 Å². The van der Waals surface area contributed by atoms with Crippen LogP contribution in [0, 0.1) is 18.3 Å². The number of hydrogen-bond donors (Lipinski definition) is 0. The van der Waals surface area contributed by atoms with E-state index in [0.29, 0.717) is 13.1 Å². The van der Waals surface area contributed by atoms with Crippen molar-refractivity contribution >= 4 is 5.91 Å². The summed E-state index contributed by atoms with van der Waals surface area (Å²) in [6.45, 7) is 3.52. The van der Waals surface area contributed by atoms with E-state index in [1.807, 2.05) is 19.1 Å². The highest BCUT2D eigenvalue weighted by Crippen LogP contribution is 2.38.